The Labute approximate surface area is 138 Å². The third kappa shape index (κ3) is 3.12. The van der Waals surface area contributed by atoms with Gasteiger partial charge in [-0.05, 0) is 23.8 Å². The molecule has 0 aliphatic rings. The molecule has 0 spiro atoms. The highest BCUT2D eigenvalue weighted by Crippen LogP contribution is 2.17. The van der Waals surface area contributed by atoms with Crippen LogP contribution in [0.4, 0.5) is 11.4 Å². The fourth-order valence-electron chi connectivity index (χ4n) is 2.26. The van der Waals surface area contributed by atoms with Crippen LogP contribution in [-0.4, -0.2) is 28.2 Å². The maximum Gasteiger partial charge on any atom is 0.357 e. The van der Waals surface area contributed by atoms with E-state index in [9.17, 15) is 19.7 Å². The Morgan fingerprint density at radius 3 is 2.12 bits per heavy atom. The second-order valence-electron chi connectivity index (χ2n) is 5.52. The van der Waals surface area contributed by atoms with E-state index in [4.69, 9.17) is 0 Å². The van der Waals surface area contributed by atoms with Crippen LogP contribution in [0.3, 0.4) is 0 Å². The van der Waals surface area contributed by atoms with E-state index in [0.717, 1.165) is 20.4 Å². The summed E-state index contributed by atoms with van der Waals surface area (Å²) in [6.07, 6.45) is 3.03. The fraction of sp³-hybridized carbons (Fsp3) is 0.250. The smallest absolute Gasteiger partial charge is 0.357 e. The SMILES string of the molecule is CN(C)c1ccc(/C=C/c2c([N+](=O)[O-])c(=O)n(C)c(=O)n2C)cc1. The van der Waals surface area contributed by atoms with E-state index in [2.05, 4.69) is 0 Å². The van der Waals surface area contributed by atoms with Gasteiger partial charge in [-0.3, -0.25) is 24.0 Å². The maximum absolute atomic E-state index is 12.0. The number of rotatable bonds is 4. The first-order chi connectivity index (χ1) is 11.2. The van der Waals surface area contributed by atoms with Crippen LogP contribution in [0.25, 0.3) is 12.2 Å². The summed E-state index contributed by atoms with van der Waals surface area (Å²) >= 11 is 0. The summed E-state index contributed by atoms with van der Waals surface area (Å²) in [4.78, 5) is 36.4. The molecule has 1 aromatic carbocycles. The van der Waals surface area contributed by atoms with Gasteiger partial charge in [-0.15, -0.1) is 0 Å². The molecule has 0 aliphatic heterocycles. The highest BCUT2D eigenvalue weighted by atomic mass is 16.6. The summed E-state index contributed by atoms with van der Waals surface area (Å²) in [6, 6.07) is 7.49. The third-order valence-corrected chi connectivity index (χ3v) is 3.71. The zero-order valence-electron chi connectivity index (χ0n) is 13.9. The number of hydrogen-bond acceptors (Lipinski definition) is 5. The van der Waals surface area contributed by atoms with Gasteiger partial charge in [0, 0.05) is 33.9 Å². The molecule has 0 radical (unpaired) electrons. The van der Waals surface area contributed by atoms with E-state index in [0.29, 0.717) is 0 Å². The average Bonchev–Trinajstić information content (AvgIpc) is 2.54. The van der Waals surface area contributed by atoms with Crippen molar-refractivity contribution in [1.82, 2.24) is 9.13 Å². The van der Waals surface area contributed by atoms with Gasteiger partial charge in [-0.25, -0.2) is 4.79 Å². The lowest BCUT2D eigenvalue weighted by atomic mass is 10.1. The Morgan fingerprint density at radius 1 is 1.04 bits per heavy atom. The third-order valence-electron chi connectivity index (χ3n) is 3.71. The van der Waals surface area contributed by atoms with Gasteiger partial charge < -0.3 is 4.90 Å². The van der Waals surface area contributed by atoms with Gasteiger partial charge in [0.15, 0.2) is 0 Å². The molecule has 8 nitrogen and oxygen atoms in total. The van der Waals surface area contributed by atoms with Crippen LogP contribution in [0.2, 0.25) is 0 Å². The molecule has 0 unspecified atom stereocenters. The quantitative estimate of drug-likeness (QED) is 0.621. The molecule has 0 atom stereocenters. The van der Waals surface area contributed by atoms with Crippen molar-refractivity contribution in [2.45, 2.75) is 0 Å². The number of nitro groups is 1. The van der Waals surface area contributed by atoms with Gasteiger partial charge in [0.1, 0.15) is 5.69 Å². The van der Waals surface area contributed by atoms with E-state index >= 15 is 0 Å². The predicted molar refractivity (Wildman–Crippen MR) is 93.3 cm³/mol. The first-order valence-corrected chi connectivity index (χ1v) is 7.14. The first kappa shape index (κ1) is 17.2. The number of nitrogens with zero attached hydrogens (tertiary/aromatic N) is 4. The Morgan fingerprint density at radius 2 is 1.62 bits per heavy atom. The average molecular weight is 330 g/mol. The molecule has 126 valence electrons. The van der Waals surface area contributed by atoms with Gasteiger partial charge >= 0.3 is 16.9 Å². The van der Waals surface area contributed by atoms with Crippen LogP contribution < -0.4 is 16.1 Å². The summed E-state index contributed by atoms with van der Waals surface area (Å²) < 4.78 is 1.81. The van der Waals surface area contributed by atoms with Crippen LogP contribution >= 0.6 is 0 Å². The second kappa shape index (κ2) is 6.53. The van der Waals surface area contributed by atoms with E-state index < -0.39 is 21.9 Å². The monoisotopic (exact) mass is 330 g/mol. The van der Waals surface area contributed by atoms with Crippen molar-refractivity contribution < 1.29 is 4.92 Å². The summed E-state index contributed by atoms with van der Waals surface area (Å²) in [5.74, 6) is 0. The molecule has 1 aromatic heterocycles. The lowest BCUT2D eigenvalue weighted by molar-refractivity contribution is -0.387. The van der Waals surface area contributed by atoms with Gasteiger partial charge in [-0.1, -0.05) is 18.2 Å². The lowest BCUT2D eigenvalue weighted by Gasteiger charge is -2.11. The maximum atomic E-state index is 12.0. The Kier molecular flexibility index (Phi) is 4.68. The fourth-order valence-corrected chi connectivity index (χ4v) is 2.26. The molecule has 0 N–H and O–H groups in total. The molecule has 24 heavy (non-hydrogen) atoms. The Bertz CT molecular complexity index is 921. The molecule has 2 aromatic rings. The molecule has 1 heterocycles. The van der Waals surface area contributed by atoms with Crippen LogP contribution in [0, 0.1) is 10.1 Å². The molecule has 0 saturated heterocycles. The predicted octanol–water partition coefficient (Wildman–Crippen LogP) is 1.23. The standard InChI is InChI=1S/C16H18N4O4/c1-17(2)12-8-5-11(6-9-12)7-10-13-14(20(23)24)15(21)19(4)16(22)18(13)3/h5-10H,1-4H3/b10-7+. The summed E-state index contributed by atoms with van der Waals surface area (Å²) in [5, 5.41) is 11.2. The molecule has 0 bridgehead atoms. The van der Waals surface area contributed by atoms with E-state index in [1.165, 1.54) is 20.2 Å². The van der Waals surface area contributed by atoms with Crippen molar-refractivity contribution in [3.05, 3.63) is 66.5 Å². The minimum Gasteiger partial charge on any atom is -0.378 e. The normalized spacial score (nSPS) is 11.0. The van der Waals surface area contributed by atoms with Gasteiger partial charge in [-0.2, -0.15) is 0 Å². The van der Waals surface area contributed by atoms with E-state index in [-0.39, 0.29) is 5.69 Å². The molecule has 0 fully saturated rings. The number of anilines is 1. The van der Waals surface area contributed by atoms with E-state index in [1.807, 2.05) is 43.3 Å². The highest BCUT2D eigenvalue weighted by molar-refractivity contribution is 5.72. The van der Waals surface area contributed by atoms with E-state index in [1.54, 1.807) is 6.08 Å². The van der Waals surface area contributed by atoms with Crippen LogP contribution in [0.5, 0.6) is 0 Å². The summed E-state index contributed by atoms with van der Waals surface area (Å²) in [6.45, 7) is 0. The number of hydrogen-bond donors (Lipinski definition) is 0. The molecule has 0 amide bonds. The molecular formula is C16H18N4O4. The largest absolute Gasteiger partial charge is 0.378 e. The number of aromatic nitrogens is 2. The van der Waals surface area contributed by atoms with Crippen molar-refractivity contribution in [2.75, 3.05) is 19.0 Å². The zero-order valence-corrected chi connectivity index (χ0v) is 13.9. The molecule has 8 heteroatoms. The van der Waals surface area contributed by atoms with Crippen LogP contribution in [0.1, 0.15) is 11.3 Å². The minimum atomic E-state index is -0.925. The topological polar surface area (TPSA) is 90.4 Å². The zero-order chi connectivity index (χ0) is 18.0. The Balaban J connectivity index is 2.55. The molecule has 2 rings (SSSR count). The van der Waals surface area contributed by atoms with Crippen molar-refractivity contribution in [3.63, 3.8) is 0 Å². The first-order valence-electron chi connectivity index (χ1n) is 7.14. The van der Waals surface area contributed by atoms with Crippen molar-refractivity contribution >= 4 is 23.5 Å². The number of benzene rings is 1. The molecule has 0 aliphatic carbocycles. The van der Waals surface area contributed by atoms with Crippen molar-refractivity contribution in [1.29, 1.82) is 0 Å². The highest BCUT2D eigenvalue weighted by Gasteiger charge is 2.23. The van der Waals surface area contributed by atoms with Crippen molar-refractivity contribution in [2.24, 2.45) is 14.1 Å². The van der Waals surface area contributed by atoms with Gasteiger partial charge in [0.25, 0.3) is 0 Å². The summed E-state index contributed by atoms with van der Waals surface area (Å²) in [7, 11) is 6.45. The van der Waals surface area contributed by atoms with Gasteiger partial charge in [0.2, 0.25) is 0 Å². The Hall–Kier alpha value is -3.16. The second-order valence-corrected chi connectivity index (χ2v) is 5.52. The molecule has 0 saturated carbocycles. The minimum absolute atomic E-state index is 0.0372. The van der Waals surface area contributed by atoms with Crippen LogP contribution in [0.15, 0.2) is 33.9 Å². The van der Waals surface area contributed by atoms with Crippen molar-refractivity contribution in [3.8, 4) is 0 Å². The summed E-state index contributed by atoms with van der Waals surface area (Å²) in [5.41, 5.74) is -0.397. The molecular weight excluding hydrogens is 312 g/mol. The van der Waals surface area contributed by atoms with Crippen LogP contribution in [-0.2, 0) is 14.1 Å². The lowest BCUT2D eigenvalue weighted by Crippen LogP contribution is -2.39. The van der Waals surface area contributed by atoms with Gasteiger partial charge in [0.05, 0.1) is 4.92 Å².